The number of aromatic nitrogens is 1. The van der Waals surface area contributed by atoms with Crippen LogP contribution in [0, 0.1) is 6.92 Å². The smallest absolute Gasteiger partial charge is 0.264 e. The summed E-state index contributed by atoms with van der Waals surface area (Å²) in [4.78, 5) is 17.7. The van der Waals surface area contributed by atoms with Gasteiger partial charge in [-0.05, 0) is 31.4 Å². The number of anilines is 1. The van der Waals surface area contributed by atoms with Crippen molar-refractivity contribution < 1.29 is 9.90 Å². The number of hydrogen-bond donors (Lipinski definition) is 3. The Morgan fingerprint density at radius 3 is 2.95 bits per heavy atom. The minimum atomic E-state index is -0.428. The number of pyridine rings is 1. The Morgan fingerprint density at radius 2 is 2.37 bits per heavy atom. The molecule has 1 amide bonds. The molecule has 0 bridgehead atoms. The second-order valence-corrected chi connectivity index (χ2v) is 6.04. The largest absolute Gasteiger partial charge is 0.397 e. The van der Waals surface area contributed by atoms with Gasteiger partial charge in [0.1, 0.15) is 9.71 Å². The zero-order chi connectivity index (χ0) is 13.6. The van der Waals surface area contributed by atoms with Gasteiger partial charge in [-0.1, -0.05) is 0 Å². The molecule has 5 nitrogen and oxygen atoms in total. The Morgan fingerprint density at radius 1 is 1.63 bits per heavy atom. The molecule has 2 aromatic heterocycles. The third-order valence-corrected chi connectivity index (χ3v) is 4.69. The van der Waals surface area contributed by atoms with Gasteiger partial charge in [-0.2, -0.15) is 0 Å². The second-order valence-electron chi connectivity index (χ2n) is 5.05. The SMILES string of the molecule is Cc1ccnc2sc(C(=O)NC3(CO)CC3)c(N)c12. The van der Waals surface area contributed by atoms with E-state index in [4.69, 9.17) is 5.73 Å². The van der Waals surface area contributed by atoms with Gasteiger partial charge in [0, 0.05) is 11.6 Å². The Bertz CT molecular complexity index is 661. The Labute approximate surface area is 114 Å². The van der Waals surface area contributed by atoms with E-state index in [9.17, 15) is 9.90 Å². The van der Waals surface area contributed by atoms with Crippen LogP contribution in [-0.2, 0) is 0 Å². The highest BCUT2D eigenvalue weighted by molar-refractivity contribution is 7.21. The normalized spacial score (nSPS) is 16.5. The van der Waals surface area contributed by atoms with Crippen LogP contribution < -0.4 is 11.1 Å². The van der Waals surface area contributed by atoms with Crippen molar-refractivity contribution in [1.82, 2.24) is 10.3 Å². The summed E-state index contributed by atoms with van der Waals surface area (Å²) in [7, 11) is 0. The van der Waals surface area contributed by atoms with Crippen molar-refractivity contribution in [1.29, 1.82) is 0 Å². The molecule has 1 fully saturated rings. The number of nitrogen functional groups attached to an aromatic ring is 1. The van der Waals surface area contributed by atoms with E-state index in [2.05, 4.69) is 10.3 Å². The van der Waals surface area contributed by atoms with E-state index < -0.39 is 5.54 Å². The molecule has 0 radical (unpaired) electrons. The highest BCUT2D eigenvalue weighted by Gasteiger charge is 2.44. The number of thiophene rings is 1. The molecule has 3 rings (SSSR count). The van der Waals surface area contributed by atoms with Gasteiger partial charge in [0.2, 0.25) is 0 Å². The lowest BCUT2D eigenvalue weighted by Crippen LogP contribution is -2.39. The van der Waals surface area contributed by atoms with Crippen molar-refractivity contribution in [3.05, 3.63) is 22.7 Å². The summed E-state index contributed by atoms with van der Waals surface area (Å²) in [5.41, 5.74) is 7.14. The van der Waals surface area contributed by atoms with Crippen LogP contribution >= 0.6 is 11.3 Å². The number of carbonyl (C=O) groups is 1. The molecule has 1 aliphatic carbocycles. The molecule has 6 heteroatoms. The molecule has 100 valence electrons. The van der Waals surface area contributed by atoms with Crippen LogP contribution in [0.3, 0.4) is 0 Å². The van der Waals surface area contributed by atoms with Gasteiger partial charge in [0.05, 0.1) is 17.8 Å². The molecule has 1 aliphatic rings. The van der Waals surface area contributed by atoms with Crippen LogP contribution in [0.2, 0.25) is 0 Å². The maximum absolute atomic E-state index is 12.2. The van der Waals surface area contributed by atoms with Gasteiger partial charge in [-0.3, -0.25) is 4.79 Å². The fourth-order valence-corrected chi connectivity index (χ4v) is 3.18. The summed E-state index contributed by atoms with van der Waals surface area (Å²) < 4.78 is 0. The second kappa shape index (κ2) is 4.18. The standard InChI is InChI=1S/C13H15N3O2S/c1-7-2-5-15-12-8(7)9(14)10(19-12)11(18)16-13(6-17)3-4-13/h2,5,17H,3-4,6,14H2,1H3,(H,16,18). The highest BCUT2D eigenvalue weighted by atomic mass is 32.1. The first kappa shape index (κ1) is 12.4. The number of aliphatic hydroxyl groups is 1. The van der Waals surface area contributed by atoms with E-state index in [1.54, 1.807) is 6.20 Å². The van der Waals surface area contributed by atoms with Crippen LogP contribution in [0.5, 0.6) is 0 Å². The molecule has 0 aromatic carbocycles. The maximum Gasteiger partial charge on any atom is 0.264 e. The highest BCUT2D eigenvalue weighted by Crippen LogP contribution is 2.38. The number of fused-ring (bicyclic) bond motifs is 1. The van der Waals surface area contributed by atoms with Crippen LogP contribution in [0.4, 0.5) is 5.69 Å². The van der Waals surface area contributed by atoms with Crippen molar-refractivity contribution in [2.75, 3.05) is 12.3 Å². The molecular formula is C13H15N3O2S. The van der Waals surface area contributed by atoms with E-state index in [0.29, 0.717) is 10.6 Å². The predicted octanol–water partition coefficient (Wildman–Crippen LogP) is 1.44. The lowest BCUT2D eigenvalue weighted by Gasteiger charge is -2.13. The number of rotatable bonds is 3. The van der Waals surface area contributed by atoms with Crippen LogP contribution in [-0.4, -0.2) is 28.1 Å². The zero-order valence-electron chi connectivity index (χ0n) is 10.6. The average Bonchev–Trinajstić information content (AvgIpc) is 3.07. The van der Waals surface area contributed by atoms with Crippen molar-refractivity contribution in [3.63, 3.8) is 0 Å². The minimum absolute atomic E-state index is 0.0270. The van der Waals surface area contributed by atoms with Crippen LogP contribution in [0.1, 0.15) is 28.1 Å². The number of amides is 1. The quantitative estimate of drug-likeness (QED) is 0.792. The molecule has 4 N–H and O–H groups in total. The van der Waals surface area contributed by atoms with Crippen molar-refractivity contribution in [2.24, 2.45) is 0 Å². The topological polar surface area (TPSA) is 88.2 Å². The van der Waals surface area contributed by atoms with Crippen molar-refractivity contribution in [2.45, 2.75) is 25.3 Å². The monoisotopic (exact) mass is 277 g/mol. The van der Waals surface area contributed by atoms with Gasteiger partial charge in [0.25, 0.3) is 5.91 Å². The summed E-state index contributed by atoms with van der Waals surface area (Å²) >= 11 is 1.30. The number of aliphatic hydroxyl groups excluding tert-OH is 1. The Hall–Kier alpha value is -1.66. The number of aryl methyl sites for hydroxylation is 1. The summed E-state index contributed by atoms with van der Waals surface area (Å²) in [6.07, 6.45) is 3.35. The van der Waals surface area contributed by atoms with Crippen molar-refractivity contribution >= 4 is 33.1 Å². The molecule has 2 heterocycles. The molecule has 19 heavy (non-hydrogen) atoms. The molecule has 0 atom stereocenters. The Balaban J connectivity index is 1.99. The number of nitrogens with two attached hydrogens (primary N) is 1. The first-order chi connectivity index (χ1) is 9.06. The number of nitrogens with one attached hydrogen (secondary N) is 1. The molecule has 1 saturated carbocycles. The van der Waals surface area contributed by atoms with Gasteiger partial charge >= 0.3 is 0 Å². The molecule has 2 aromatic rings. The summed E-state index contributed by atoms with van der Waals surface area (Å²) in [5, 5.41) is 13.0. The molecule has 0 aliphatic heterocycles. The fourth-order valence-electron chi connectivity index (χ4n) is 2.14. The average molecular weight is 277 g/mol. The van der Waals surface area contributed by atoms with E-state index in [1.807, 2.05) is 13.0 Å². The number of hydrogen-bond acceptors (Lipinski definition) is 5. The van der Waals surface area contributed by atoms with E-state index in [-0.39, 0.29) is 12.5 Å². The lowest BCUT2D eigenvalue weighted by molar-refractivity contribution is 0.0912. The molecule has 0 spiro atoms. The number of carbonyl (C=O) groups excluding carboxylic acids is 1. The van der Waals surface area contributed by atoms with Gasteiger partial charge in [-0.15, -0.1) is 11.3 Å². The van der Waals surface area contributed by atoms with Gasteiger partial charge < -0.3 is 16.2 Å². The van der Waals surface area contributed by atoms with E-state index >= 15 is 0 Å². The lowest BCUT2D eigenvalue weighted by atomic mass is 10.1. The predicted molar refractivity (Wildman–Crippen MR) is 75.3 cm³/mol. The maximum atomic E-state index is 12.2. The first-order valence-electron chi connectivity index (χ1n) is 6.13. The van der Waals surface area contributed by atoms with Gasteiger partial charge in [-0.25, -0.2) is 4.98 Å². The zero-order valence-corrected chi connectivity index (χ0v) is 11.4. The Kier molecular flexibility index (Phi) is 2.72. The third kappa shape index (κ3) is 1.97. The van der Waals surface area contributed by atoms with Crippen LogP contribution in [0.15, 0.2) is 12.3 Å². The van der Waals surface area contributed by atoms with E-state index in [1.165, 1.54) is 11.3 Å². The molecule has 0 unspecified atom stereocenters. The summed E-state index contributed by atoms with van der Waals surface area (Å²) in [6, 6.07) is 1.88. The fraction of sp³-hybridized carbons (Fsp3) is 0.385. The molecular weight excluding hydrogens is 262 g/mol. The van der Waals surface area contributed by atoms with E-state index in [0.717, 1.165) is 28.6 Å². The van der Waals surface area contributed by atoms with Gasteiger partial charge in [0.15, 0.2) is 0 Å². The number of nitrogens with zero attached hydrogens (tertiary/aromatic N) is 1. The minimum Gasteiger partial charge on any atom is -0.397 e. The van der Waals surface area contributed by atoms with Crippen LogP contribution in [0.25, 0.3) is 10.2 Å². The summed E-state index contributed by atoms with van der Waals surface area (Å²) in [6.45, 7) is 1.92. The molecule has 0 saturated heterocycles. The first-order valence-corrected chi connectivity index (χ1v) is 6.95. The third-order valence-electron chi connectivity index (χ3n) is 3.58. The summed E-state index contributed by atoms with van der Waals surface area (Å²) in [5.74, 6) is -0.216. The van der Waals surface area contributed by atoms with Crippen molar-refractivity contribution in [3.8, 4) is 0 Å².